The fraction of sp³-hybridized carbons (Fsp3) is 0.138. The van der Waals surface area contributed by atoms with Gasteiger partial charge in [0, 0.05) is 11.6 Å². The summed E-state index contributed by atoms with van der Waals surface area (Å²) in [5.41, 5.74) is 2.10. The Morgan fingerprint density at radius 3 is 2.32 bits per heavy atom. The van der Waals surface area contributed by atoms with Gasteiger partial charge in [0.05, 0.1) is 4.92 Å². The lowest BCUT2D eigenvalue weighted by atomic mass is 9.87. The second kappa shape index (κ2) is 9.32. The molecule has 170 valence electrons. The summed E-state index contributed by atoms with van der Waals surface area (Å²) in [5.74, 6) is 0.496. The highest BCUT2D eigenvalue weighted by molar-refractivity contribution is 6.14. The Labute approximate surface area is 198 Å². The number of nitrogens with zero attached hydrogens (tertiary/aromatic N) is 1. The highest BCUT2D eigenvalue weighted by Crippen LogP contribution is 2.33. The quantitative estimate of drug-likeness (QED) is 0.130. The molecule has 4 aromatic carbocycles. The number of carbonyl (C=O) groups excluding carboxylic acids is 1. The molecular weight excluding hydrogens is 426 g/mol. The van der Waals surface area contributed by atoms with E-state index in [2.05, 4.69) is 20.8 Å². The molecule has 0 saturated heterocycles. The highest BCUT2D eigenvalue weighted by Gasteiger charge is 2.18. The van der Waals surface area contributed by atoms with Crippen molar-refractivity contribution in [2.45, 2.75) is 26.2 Å². The molecule has 0 fully saturated rings. The van der Waals surface area contributed by atoms with E-state index in [1.807, 2.05) is 48.5 Å². The smallest absolute Gasteiger partial charge is 0.312 e. The number of ether oxygens (including phenoxy) is 1. The maximum atomic E-state index is 12.8. The molecule has 0 radical (unpaired) electrons. The molecule has 5 heteroatoms. The van der Waals surface area contributed by atoms with Crippen LogP contribution in [-0.2, 0) is 5.41 Å². The number of nitro groups is 1. The molecule has 0 unspecified atom stereocenters. The van der Waals surface area contributed by atoms with Crippen molar-refractivity contribution in [3.63, 3.8) is 0 Å². The summed E-state index contributed by atoms with van der Waals surface area (Å²) < 4.78 is 5.80. The maximum Gasteiger partial charge on any atom is 0.312 e. The fourth-order valence-corrected chi connectivity index (χ4v) is 3.72. The Bertz CT molecular complexity index is 1390. The first-order valence-corrected chi connectivity index (χ1v) is 11.0. The topological polar surface area (TPSA) is 69.4 Å². The number of allylic oxidation sites excluding steroid dienone is 1. The van der Waals surface area contributed by atoms with Crippen molar-refractivity contribution in [1.29, 1.82) is 0 Å². The summed E-state index contributed by atoms with van der Waals surface area (Å²) in [6, 6.07) is 25.4. The lowest BCUT2D eigenvalue weighted by Gasteiger charge is -2.19. The molecule has 4 rings (SSSR count). The van der Waals surface area contributed by atoms with Crippen molar-refractivity contribution in [1.82, 2.24) is 0 Å². The molecule has 0 atom stereocenters. The molecule has 0 saturated carbocycles. The van der Waals surface area contributed by atoms with E-state index in [1.54, 1.807) is 36.4 Å². The van der Waals surface area contributed by atoms with Crippen molar-refractivity contribution in [2.24, 2.45) is 0 Å². The van der Waals surface area contributed by atoms with Gasteiger partial charge in [-0.2, -0.15) is 0 Å². The van der Waals surface area contributed by atoms with Crippen molar-refractivity contribution in [3.05, 3.63) is 118 Å². The number of hydrogen-bond donors (Lipinski definition) is 0. The second-order valence-corrected chi connectivity index (χ2v) is 9.09. The average molecular weight is 452 g/mol. The predicted molar refractivity (Wildman–Crippen MR) is 136 cm³/mol. The average Bonchev–Trinajstić information content (AvgIpc) is 2.82. The van der Waals surface area contributed by atoms with Crippen LogP contribution in [0.3, 0.4) is 0 Å². The molecule has 0 aromatic heterocycles. The number of carbonyl (C=O) groups is 1. The molecule has 5 nitrogen and oxygen atoms in total. The van der Waals surface area contributed by atoms with Gasteiger partial charge in [-0.05, 0) is 51.6 Å². The summed E-state index contributed by atoms with van der Waals surface area (Å²) in [6.45, 7) is 6.35. The van der Waals surface area contributed by atoms with Gasteiger partial charge < -0.3 is 4.74 Å². The van der Waals surface area contributed by atoms with Crippen LogP contribution in [-0.4, -0.2) is 10.7 Å². The van der Waals surface area contributed by atoms with Gasteiger partial charge in [0.2, 0.25) is 5.75 Å². The zero-order chi connectivity index (χ0) is 24.3. The highest BCUT2D eigenvalue weighted by atomic mass is 16.6. The Hall–Kier alpha value is -4.25. The minimum atomic E-state index is -0.483. The van der Waals surface area contributed by atoms with E-state index >= 15 is 0 Å². The van der Waals surface area contributed by atoms with E-state index in [0.29, 0.717) is 16.9 Å². The number of rotatable bonds is 6. The van der Waals surface area contributed by atoms with E-state index in [9.17, 15) is 14.9 Å². The van der Waals surface area contributed by atoms with Crippen LogP contribution >= 0.6 is 0 Å². The van der Waals surface area contributed by atoms with Crippen LogP contribution in [0.15, 0.2) is 91.0 Å². The molecule has 0 amide bonds. The Morgan fingerprint density at radius 1 is 0.912 bits per heavy atom. The van der Waals surface area contributed by atoms with E-state index in [-0.39, 0.29) is 22.6 Å². The molecular formula is C29H25NO4. The van der Waals surface area contributed by atoms with Crippen molar-refractivity contribution < 1.29 is 14.5 Å². The Morgan fingerprint density at radius 2 is 1.62 bits per heavy atom. The van der Waals surface area contributed by atoms with E-state index in [0.717, 1.165) is 16.3 Å². The first-order chi connectivity index (χ1) is 16.2. The Kier molecular flexibility index (Phi) is 6.28. The van der Waals surface area contributed by atoms with Crippen molar-refractivity contribution >= 4 is 28.3 Å². The van der Waals surface area contributed by atoms with Crippen LogP contribution in [0.25, 0.3) is 16.8 Å². The molecule has 0 bridgehead atoms. The van der Waals surface area contributed by atoms with Gasteiger partial charge in [-0.25, -0.2) is 0 Å². The fourth-order valence-electron chi connectivity index (χ4n) is 3.72. The minimum Gasteiger partial charge on any atom is -0.450 e. The number of nitro benzene ring substituents is 1. The van der Waals surface area contributed by atoms with E-state index in [1.165, 1.54) is 12.1 Å². The molecule has 0 aliphatic heterocycles. The minimum absolute atomic E-state index is 0.00197. The van der Waals surface area contributed by atoms with E-state index in [4.69, 9.17) is 4.74 Å². The van der Waals surface area contributed by atoms with E-state index < -0.39 is 4.92 Å². The molecule has 0 aliphatic rings. The van der Waals surface area contributed by atoms with Crippen LogP contribution in [0.4, 0.5) is 5.69 Å². The third kappa shape index (κ3) is 5.04. The van der Waals surface area contributed by atoms with Crippen LogP contribution in [0.5, 0.6) is 11.5 Å². The molecule has 4 aromatic rings. The second-order valence-electron chi connectivity index (χ2n) is 9.09. The van der Waals surface area contributed by atoms with Gasteiger partial charge in [-0.3, -0.25) is 14.9 Å². The summed E-state index contributed by atoms with van der Waals surface area (Å²) in [4.78, 5) is 24.0. The lowest BCUT2D eigenvalue weighted by molar-refractivity contribution is -0.385. The third-order valence-electron chi connectivity index (χ3n) is 5.61. The largest absolute Gasteiger partial charge is 0.450 e. The summed E-state index contributed by atoms with van der Waals surface area (Å²) in [6.07, 6.45) is 3.02. The zero-order valence-corrected chi connectivity index (χ0v) is 19.3. The van der Waals surface area contributed by atoms with Crippen molar-refractivity contribution in [2.75, 3.05) is 0 Å². The normalized spacial score (nSPS) is 11.6. The van der Waals surface area contributed by atoms with Gasteiger partial charge in [0.1, 0.15) is 5.75 Å². The van der Waals surface area contributed by atoms with Crippen molar-refractivity contribution in [3.8, 4) is 11.5 Å². The van der Waals surface area contributed by atoms with Gasteiger partial charge in [-0.15, -0.1) is 0 Å². The zero-order valence-electron chi connectivity index (χ0n) is 19.3. The summed E-state index contributed by atoms with van der Waals surface area (Å²) >= 11 is 0. The molecule has 0 N–H and O–H groups in total. The predicted octanol–water partition coefficient (Wildman–Crippen LogP) is 7.73. The molecule has 0 spiro atoms. The standard InChI is InChI=1S/C29H25NO4/c1-29(2,3)22-13-15-23(16-14-22)34-28-18-12-20(19-26(28)30(32)33)11-17-27(31)25-10-6-8-21-7-4-5-9-24(21)25/h4-19H,1-3H3. The molecule has 0 aliphatic carbocycles. The van der Waals surface area contributed by atoms with Gasteiger partial charge >= 0.3 is 5.69 Å². The lowest BCUT2D eigenvalue weighted by Crippen LogP contribution is -2.10. The van der Waals surface area contributed by atoms with Gasteiger partial charge in [0.25, 0.3) is 0 Å². The first-order valence-electron chi connectivity index (χ1n) is 11.0. The van der Waals surface area contributed by atoms with Crippen LogP contribution in [0.2, 0.25) is 0 Å². The molecule has 34 heavy (non-hydrogen) atoms. The number of hydrogen-bond acceptors (Lipinski definition) is 4. The number of fused-ring (bicyclic) bond motifs is 1. The third-order valence-corrected chi connectivity index (χ3v) is 5.61. The number of benzene rings is 4. The first kappa shape index (κ1) is 22.9. The SMILES string of the molecule is CC(C)(C)c1ccc(Oc2ccc(C=CC(=O)c3cccc4ccccc34)cc2[N+](=O)[O-])cc1. The summed E-state index contributed by atoms with van der Waals surface area (Å²) in [7, 11) is 0. The van der Waals surface area contributed by atoms with Crippen LogP contribution < -0.4 is 4.74 Å². The summed E-state index contributed by atoms with van der Waals surface area (Å²) in [5, 5.41) is 13.5. The monoisotopic (exact) mass is 451 g/mol. The van der Waals surface area contributed by atoms with Crippen LogP contribution in [0, 0.1) is 10.1 Å². The Balaban J connectivity index is 1.57. The number of ketones is 1. The maximum absolute atomic E-state index is 12.8. The van der Waals surface area contributed by atoms with Gasteiger partial charge in [-0.1, -0.05) is 87.5 Å². The van der Waals surface area contributed by atoms with Crippen LogP contribution in [0.1, 0.15) is 42.3 Å². The molecule has 0 heterocycles. The van der Waals surface area contributed by atoms with Gasteiger partial charge in [0.15, 0.2) is 5.78 Å².